The number of fused-ring (bicyclic) bond motifs is 1. The van der Waals surface area contributed by atoms with Gasteiger partial charge >= 0.3 is 17.7 Å². The highest BCUT2D eigenvalue weighted by molar-refractivity contribution is 5.99. The first-order valence-electron chi connectivity index (χ1n) is 12.0. The molecule has 3 rings (SSSR count). The minimum absolute atomic E-state index is 0.00264. The van der Waals surface area contributed by atoms with E-state index in [1.807, 2.05) is 0 Å². The van der Waals surface area contributed by atoms with Crippen molar-refractivity contribution < 1.29 is 52.7 Å². The largest absolute Gasteiger partial charge is 0.506 e. The zero-order chi connectivity index (χ0) is 28.4. The van der Waals surface area contributed by atoms with Crippen molar-refractivity contribution in [1.82, 2.24) is 5.48 Å². The van der Waals surface area contributed by atoms with Gasteiger partial charge in [0.2, 0.25) is 6.29 Å². The Morgan fingerprint density at radius 3 is 2.53 bits per heavy atom. The van der Waals surface area contributed by atoms with Crippen LogP contribution in [-0.4, -0.2) is 72.3 Å². The van der Waals surface area contributed by atoms with E-state index in [9.17, 15) is 24.6 Å². The summed E-state index contributed by atoms with van der Waals surface area (Å²) in [7, 11) is 1.38. The lowest BCUT2D eigenvalue weighted by Gasteiger charge is -2.47. The number of aliphatic hydroxyl groups is 1. The van der Waals surface area contributed by atoms with Gasteiger partial charge in [-0.2, -0.15) is 5.48 Å². The molecule has 1 amide bonds. The van der Waals surface area contributed by atoms with Gasteiger partial charge in [0.1, 0.15) is 23.2 Å². The van der Waals surface area contributed by atoms with Crippen molar-refractivity contribution in [3.63, 3.8) is 0 Å². The lowest BCUT2D eigenvalue weighted by Crippen LogP contribution is -2.65. The molecule has 2 aromatic rings. The summed E-state index contributed by atoms with van der Waals surface area (Å²) in [5, 5.41) is 21.7. The number of aromatic hydroxyl groups is 1. The van der Waals surface area contributed by atoms with Gasteiger partial charge in [0.15, 0.2) is 17.8 Å². The molecule has 0 aliphatic carbocycles. The second kappa shape index (κ2) is 11.6. The minimum Gasteiger partial charge on any atom is -0.506 e. The molecule has 1 saturated heterocycles. The van der Waals surface area contributed by atoms with Crippen LogP contribution >= 0.6 is 0 Å². The molecule has 13 heteroatoms. The van der Waals surface area contributed by atoms with E-state index >= 15 is 0 Å². The maximum absolute atomic E-state index is 12.5. The van der Waals surface area contributed by atoms with E-state index in [0.717, 1.165) is 0 Å². The Hall–Kier alpha value is -3.39. The fourth-order valence-electron chi connectivity index (χ4n) is 4.13. The van der Waals surface area contributed by atoms with Crippen molar-refractivity contribution in [3.8, 4) is 11.5 Å². The number of rotatable bonds is 8. The van der Waals surface area contributed by atoms with Crippen LogP contribution in [0.25, 0.3) is 11.0 Å². The van der Waals surface area contributed by atoms with Crippen LogP contribution in [0.4, 0.5) is 4.79 Å². The monoisotopic (exact) mass is 539 g/mol. The van der Waals surface area contributed by atoms with E-state index in [0.29, 0.717) is 0 Å². The van der Waals surface area contributed by atoms with E-state index in [2.05, 4.69) is 5.48 Å². The number of aliphatic hydroxyl groups excluding tert-OH is 1. The molecule has 0 radical (unpaired) electrons. The third-order valence-electron chi connectivity index (χ3n) is 5.86. The molecule has 0 spiro atoms. The highest BCUT2D eigenvalue weighted by Crippen LogP contribution is 2.37. The summed E-state index contributed by atoms with van der Waals surface area (Å²) in [4.78, 5) is 41.9. The number of hydrogen-bond acceptors (Lipinski definition) is 12. The summed E-state index contributed by atoms with van der Waals surface area (Å²) in [6.07, 6.45) is -6.22. The molecule has 210 valence electrons. The summed E-state index contributed by atoms with van der Waals surface area (Å²) in [6.45, 7) is 9.87. The van der Waals surface area contributed by atoms with Crippen LogP contribution in [0.5, 0.6) is 11.5 Å². The average Bonchev–Trinajstić information content (AvgIpc) is 2.83. The number of amides is 1. The molecule has 4 atom stereocenters. The molecule has 1 aromatic heterocycles. The van der Waals surface area contributed by atoms with Gasteiger partial charge in [-0.25, -0.2) is 14.4 Å². The molecule has 0 saturated carbocycles. The quantitative estimate of drug-likeness (QED) is 0.254. The molecule has 0 unspecified atom stereocenters. The van der Waals surface area contributed by atoms with Crippen molar-refractivity contribution in [1.29, 1.82) is 0 Å². The number of ether oxygens (including phenoxy) is 5. The Kier molecular flexibility index (Phi) is 8.87. The van der Waals surface area contributed by atoms with Crippen LogP contribution in [0.1, 0.15) is 50.5 Å². The normalized spacial score (nSPS) is 22.8. The van der Waals surface area contributed by atoms with Gasteiger partial charge < -0.3 is 38.3 Å². The first-order chi connectivity index (χ1) is 17.8. The topological polar surface area (TPSA) is 172 Å². The lowest BCUT2D eigenvalue weighted by molar-refractivity contribution is -0.305. The fraction of sp³-hybridized carbons (Fsp3) is 0.560. The summed E-state index contributed by atoms with van der Waals surface area (Å²) < 4.78 is 32.9. The Balaban J connectivity index is 1.93. The number of hydrogen-bond donors (Lipinski definition) is 3. The predicted molar refractivity (Wildman–Crippen MR) is 131 cm³/mol. The zero-order valence-electron chi connectivity index (χ0n) is 22.2. The number of nitrogens with one attached hydrogen (secondary N) is 1. The summed E-state index contributed by atoms with van der Waals surface area (Å²) in [6, 6.07) is 2.82. The molecule has 38 heavy (non-hydrogen) atoms. The number of methoxy groups -OCH3 is 1. The summed E-state index contributed by atoms with van der Waals surface area (Å²) >= 11 is 0. The number of carbonyl (C=O) groups excluding carboxylic acids is 2. The maximum atomic E-state index is 12.5. The van der Waals surface area contributed by atoms with Gasteiger partial charge in [0.25, 0.3) is 0 Å². The molecule has 0 bridgehead atoms. The third kappa shape index (κ3) is 5.85. The molecule has 1 aliphatic heterocycles. The van der Waals surface area contributed by atoms with Crippen LogP contribution in [0, 0.1) is 6.92 Å². The summed E-state index contributed by atoms with van der Waals surface area (Å²) in [5.74, 6) is -1.47. The van der Waals surface area contributed by atoms with Crippen LogP contribution < -0.4 is 15.8 Å². The first-order valence-corrected chi connectivity index (χ1v) is 12.0. The second-order valence-electron chi connectivity index (χ2n) is 9.39. The summed E-state index contributed by atoms with van der Waals surface area (Å²) in [5.41, 5.74) is -0.434. The third-order valence-corrected chi connectivity index (χ3v) is 5.86. The number of aryl methyl sites for hydroxylation is 1. The second-order valence-corrected chi connectivity index (χ2v) is 9.39. The van der Waals surface area contributed by atoms with Gasteiger partial charge in [-0.05, 0) is 53.7 Å². The average molecular weight is 540 g/mol. The first kappa shape index (κ1) is 29.2. The van der Waals surface area contributed by atoms with Crippen molar-refractivity contribution in [2.45, 2.75) is 77.8 Å². The van der Waals surface area contributed by atoms with Crippen molar-refractivity contribution in [2.24, 2.45) is 0 Å². The van der Waals surface area contributed by atoms with E-state index in [-0.39, 0.29) is 35.0 Å². The fourth-order valence-corrected chi connectivity index (χ4v) is 4.13. The lowest BCUT2D eigenvalue weighted by atomic mass is 9.89. The van der Waals surface area contributed by atoms with Gasteiger partial charge in [-0.3, -0.25) is 4.84 Å². The Labute approximate surface area is 218 Å². The molecule has 1 aromatic carbocycles. The minimum atomic E-state index is -1.51. The molecule has 13 nitrogen and oxygen atoms in total. The van der Waals surface area contributed by atoms with Gasteiger partial charge in [0.05, 0.1) is 23.7 Å². The number of esters is 1. The van der Waals surface area contributed by atoms with Crippen LogP contribution in [0.15, 0.2) is 21.3 Å². The Morgan fingerprint density at radius 1 is 1.24 bits per heavy atom. The van der Waals surface area contributed by atoms with Crippen molar-refractivity contribution in [2.75, 3.05) is 13.7 Å². The van der Waals surface area contributed by atoms with Crippen LogP contribution in [-0.2, 0) is 23.8 Å². The van der Waals surface area contributed by atoms with E-state index < -0.39 is 59.2 Å². The number of benzene rings is 1. The highest BCUT2D eigenvalue weighted by Gasteiger charge is 2.53. The maximum Gasteiger partial charge on any atom is 0.431 e. The standard InChI is InChI=1S/C25H33NO12/c1-8-33-21(29)15-16(27)13-9-10-14(12(4)18(13)35-22(15)30)34-23-17(28)19(20(32-7)25(5,6)37-23)36-24(31)26-38-11(2)3/h9-11,17,19-20,23,27-28H,8H2,1-7H3,(H,26,31)/t17-,19+,20-,23-/m1/s1. The van der Waals surface area contributed by atoms with Gasteiger partial charge in [-0.15, -0.1) is 0 Å². The van der Waals surface area contributed by atoms with E-state index in [1.165, 1.54) is 19.2 Å². The molecule has 2 heterocycles. The molecule has 1 fully saturated rings. The molecular weight excluding hydrogens is 506 g/mol. The number of hydroxylamine groups is 1. The highest BCUT2D eigenvalue weighted by atomic mass is 16.7. The number of carbonyl (C=O) groups is 2. The van der Waals surface area contributed by atoms with Crippen molar-refractivity contribution in [3.05, 3.63) is 33.7 Å². The van der Waals surface area contributed by atoms with Crippen LogP contribution in [0.2, 0.25) is 0 Å². The molecule has 3 N–H and O–H groups in total. The van der Waals surface area contributed by atoms with Crippen LogP contribution in [0.3, 0.4) is 0 Å². The Bertz CT molecular complexity index is 1240. The van der Waals surface area contributed by atoms with Gasteiger partial charge in [-0.1, -0.05) is 0 Å². The zero-order valence-corrected chi connectivity index (χ0v) is 22.2. The molecule has 1 aliphatic rings. The smallest absolute Gasteiger partial charge is 0.431 e. The Morgan fingerprint density at radius 2 is 1.92 bits per heavy atom. The SMILES string of the molecule is CCOC(=O)c1c(O)c2ccc(O[C@@H]3OC(C)(C)[C@H](OC)[C@@H](OC(=O)NOC(C)C)[C@H]3O)c(C)c2oc1=O. The van der Waals surface area contributed by atoms with Gasteiger partial charge in [0, 0.05) is 12.7 Å². The van der Waals surface area contributed by atoms with E-state index in [1.54, 1.807) is 41.5 Å². The van der Waals surface area contributed by atoms with Crippen molar-refractivity contribution >= 4 is 23.0 Å². The predicted octanol–water partition coefficient (Wildman–Crippen LogP) is 2.31. The molecular formula is C25H33NO12. The van der Waals surface area contributed by atoms with E-state index in [4.69, 9.17) is 32.9 Å².